The molecule has 4 heteroatoms. The van der Waals surface area contributed by atoms with Crippen LogP contribution in [0.3, 0.4) is 0 Å². The zero-order valence-corrected chi connectivity index (χ0v) is 12.8. The standard InChI is InChI=1S/C13H13BrClNS/c1-8-3-4-11(15)12(7-8)16-9(2)13-10(14)5-6-17-13/h3-7,9,16H,1-2H3. The summed E-state index contributed by atoms with van der Waals surface area (Å²) in [5, 5.41) is 6.28. The zero-order valence-electron chi connectivity index (χ0n) is 9.63. The van der Waals surface area contributed by atoms with Crippen LogP contribution in [-0.2, 0) is 0 Å². The lowest BCUT2D eigenvalue weighted by atomic mass is 10.2. The van der Waals surface area contributed by atoms with Gasteiger partial charge >= 0.3 is 0 Å². The number of halogens is 2. The highest BCUT2D eigenvalue weighted by Crippen LogP contribution is 2.33. The van der Waals surface area contributed by atoms with E-state index in [2.05, 4.69) is 52.6 Å². The molecular weight excluding hydrogens is 318 g/mol. The minimum absolute atomic E-state index is 0.240. The maximum atomic E-state index is 6.17. The highest BCUT2D eigenvalue weighted by molar-refractivity contribution is 9.10. The smallest absolute Gasteiger partial charge is 0.0637 e. The molecule has 1 aromatic heterocycles. The summed E-state index contributed by atoms with van der Waals surface area (Å²) < 4.78 is 1.14. The van der Waals surface area contributed by atoms with Gasteiger partial charge in [-0.15, -0.1) is 11.3 Å². The lowest BCUT2D eigenvalue weighted by molar-refractivity contribution is 0.903. The Kier molecular flexibility index (Phi) is 4.13. The SMILES string of the molecule is Cc1ccc(Cl)c(NC(C)c2sccc2Br)c1. The van der Waals surface area contributed by atoms with E-state index in [-0.39, 0.29) is 6.04 Å². The van der Waals surface area contributed by atoms with Crippen LogP contribution in [0.2, 0.25) is 5.02 Å². The Morgan fingerprint density at radius 1 is 1.35 bits per heavy atom. The zero-order chi connectivity index (χ0) is 12.4. The van der Waals surface area contributed by atoms with Crippen LogP contribution in [0, 0.1) is 6.92 Å². The molecule has 1 unspecified atom stereocenters. The third-order valence-corrected chi connectivity index (χ3v) is 4.92. The van der Waals surface area contributed by atoms with Gasteiger partial charge in [0, 0.05) is 9.35 Å². The largest absolute Gasteiger partial charge is 0.376 e. The van der Waals surface area contributed by atoms with Gasteiger partial charge in [0.1, 0.15) is 0 Å². The van der Waals surface area contributed by atoms with Crippen molar-refractivity contribution >= 4 is 44.6 Å². The Hall–Kier alpha value is -0.510. The van der Waals surface area contributed by atoms with E-state index >= 15 is 0 Å². The number of aryl methyl sites for hydroxylation is 1. The molecule has 0 spiro atoms. The minimum atomic E-state index is 0.240. The van der Waals surface area contributed by atoms with Crippen molar-refractivity contribution in [2.45, 2.75) is 19.9 Å². The molecule has 1 aromatic carbocycles. The molecule has 0 amide bonds. The van der Waals surface area contributed by atoms with Crippen LogP contribution in [0.5, 0.6) is 0 Å². The second-order valence-corrected chi connectivity index (χ2v) is 6.19. The molecule has 0 aliphatic rings. The van der Waals surface area contributed by atoms with E-state index in [0.29, 0.717) is 0 Å². The second-order valence-electron chi connectivity index (χ2n) is 3.98. The molecule has 1 atom stereocenters. The highest BCUT2D eigenvalue weighted by atomic mass is 79.9. The Morgan fingerprint density at radius 3 is 2.76 bits per heavy atom. The van der Waals surface area contributed by atoms with E-state index in [4.69, 9.17) is 11.6 Å². The third kappa shape index (κ3) is 3.03. The van der Waals surface area contributed by atoms with Gasteiger partial charge in [-0.25, -0.2) is 0 Å². The van der Waals surface area contributed by atoms with Crippen LogP contribution < -0.4 is 5.32 Å². The topological polar surface area (TPSA) is 12.0 Å². The van der Waals surface area contributed by atoms with E-state index < -0.39 is 0 Å². The van der Waals surface area contributed by atoms with Crippen molar-refractivity contribution in [3.63, 3.8) is 0 Å². The van der Waals surface area contributed by atoms with Crippen molar-refractivity contribution in [1.82, 2.24) is 0 Å². The van der Waals surface area contributed by atoms with Gasteiger partial charge in [-0.05, 0) is 58.9 Å². The van der Waals surface area contributed by atoms with Gasteiger partial charge in [0.05, 0.1) is 16.8 Å². The fraction of sp³-hybridized carbons (Fsp3) is 0.231. The molecule has 0 bridgehead atoms. The van der Waals surface area contributed by atoms with Crippen molar-refractivity contribution in [3.8, 4) is 0 Å². The van der Waals surface area contributed by atoms with Gasteiger partial charge in [-0.1, -0.05) is 17.7 Å². The molecule has 0 saturated carbocycles. The highest BCUT2D eigenvalue weighted by Gasteiger charge is 2.12. The minimum Gasteiger partial charge on any atom is -0.376 e. The molecule has 0 radical (unpaired) electrons. The Morgan fingerprint density at radius 2 is 2.12 bits per heavy atom. The first kappa shape index (κ1) is 12.9. The molecule has 0 aliphatic carbocycles. The molecule has 90 valence electrons. The van der Waals surface area contributed by atoms with Gasteiger partial charge in [-0.2, -0.15) is 0 Å². The summed E-state index contributed by atoms with van der Waals surface area (Å²) in [6.07, 6.45) is 0. The Balaban J connectivity index is 2.21. The average molecular weight is 331 g/mol. The summed E-state index contributed by atoms with van der Waals surface area (Å²) in [5.41, 5.74) is 2.19. The van der Waals surface area contributed by atoms with Gasteiger partial charge in [0.2, 0.25) is 0 Å². The summed E-state index contributed by atoms with van der Waals surface area (Å²) in [5.74, 6) is 0. The average Bonchev–Trinajstić information content (AvgIpc) is 2.70. The molecule has 1 heterocycles. The lowest BCUT2D eigenvalue weighted by Gasteiger charge is -2.16. The van der Waals surface area contributed by atoms with Gasteiger partial charge in [-0.3, -0.25) is 0 Å². The number of nitrogens with one attached hydrogen (secondary N) is 1. The molecule has 17 heavy (non-hydrogen) atoms. The second kappa shape index (κ2) is 5.42. The predicted octanol–water partition coefficient (Wildman–Crippen LogP) is 5.65. The first-order valence-electron chi connectivity index (χ1n) is 5.33. The molecule has 0 saturated heterocycles. The number of hydrogen-bond donors (Lipinski definition) is 1. The normalized spacial score (nSPS) is 12.5. The van der Waals surface area contributed by atoms with E-state index in [1.807, 2.05) is 12.1 Å². The number of anilines is 1. The molecule has 1 N–H and O–H groups in total. The van der Waals surface area contributed by atoms with Crippen molar-refractivity contribution in [1.29, 1.82) is 0 Å². The summed E-state index contributed by atoms with van der Waals surface area (Å²) >= 11 is 11.5. The molecule has 0 aliphatic heterocycles. The predicted molar refractivity (Wildman–Crippen MR) is 80.2 cm³/mol. The van der Waals surface area contributed by atoms with Crippen molar-refractivity contribution in [2.24, 2.45) is 0 Å². The number of benzene rings is 1. The van der Waals surface area contributed by atoms with E-state index in [1.165, 1.54) is 10.4 Å². The lowest BCUT2D eigenvalue weighted by Crippen LogP contribution is -2.06. The van der Waals surface area contributed by atoms with Crippen LogP contribution in [0.15, 0.2) is 34.1 Å². The maximum Gasteiger partial charge on any atom is 0.0637 e. The number of thiophene rings is 1. The third-order valence-electron chi connectivity index (χ3n) is 2.53. The van der Waals surface area contributed by atoms with Gasteiger partial charge in [0.25, 0.3) is 0 Å². The van der Waals surface area contributed by atoms with Crippen LogP contribution in [0.4, 0.5) is 5.69 Å². The summed E-state index contributed by atoms with van der Waals surface area (Å²) in [4.78, 5) is 1.28. The molecular formula is C13H13BrClNS. The van der Waals surface area contributed by atoms with Crippen LogP contribution in [0.1, 0.15) is 23.4 Å². The number of rotatable bonds is 3. The van der Waals surface area contributed by atoms with Gasteiger partial charge < -0.3 is 5.32 Å². The monoisotopic (exact) mass is 329 g/mol. The maximum absolute atomic E-state index is 6.17. The first-order chi connectivity index (χ1) is 8.08. The molecule has 2 rings (SSSR count). The summed E-state index contributed by atoms with van der Waals surface area (Å²) in [6.45, 7) is 4.20. The Bertz CT molecular complexity index is 524. The number of hydrogen-bond acceptors (Lipinski definition) is 2. The first-order valence-corrected chi connectivity index (χ1v) is 7.38. The van der Waals surface area contributed by atoms with E-state index in [0.717, 1.165) is 15.2 Å². The summed E-state index contributed by atoms with van der Waals surface area (Å²) in [6, 6.07) is 8.31. The van der Waals surface area contributed by atoms with Crippen molar-refractivity contribution < 1.29 is 0 Å². The van der Waals surface area contributed by atoms with Crippen molar-refractivity contribution in [2.75, 3.05) is 5.32 Å². The quantitative estimate of drug-likeness (QED) is 0.767. The molecule has 0 fully saturated rings. The van der Waals surface area contributed by atoms with E-state index in [1.54, 1.807) is 11.3 Å². The van der Waals surface area contributed by atoms with Crippen LogP contribution >= 0.6 is 38.9 Å². The van der Waals surface area contributed by atoms with Crippen LogP contribution in [-0.4, -0.2) is 0 Å². The van der Waals surface area contributed by atoms with Crippen molar-refractivity contribution in [3.05, 3.63) is 49.6 Å². The van der Waals surface area contributed by atoms with Gasteiger partial charge in [0.15, 0.2) is 0 Å². The van der Waals surface area contributed by atoms with E-state index in [9.17, 15) is 0 Å². The fourth-order valence-corrected chi connectivity index (χ4v) is 3.56. The molecule has 1 nitrogen and oxygen atoms in total. The fourth-order valence-electron chi connectivity index (χ4n) is 1.66. The molecule has 2 aromatic rings. The summed E-state index contributed by atoms with van der Waals surface area (Å²) in [7, 11) is 0. The van der Waals surface area contributed by atoms with Crippen LogP contribution in [0.25, 0.3) is 0 Å². The Labute approximate surface area is 119 Å².